The highest BCUT2D eigenvalue weighted by Crippen LogP contribution is 2.43. The van der Waals surface area contributed by atoms with E-state index in [4.69, 9.17) is 0 Å². The molecule has 0 saturated carbocycles. The Bertz CT molecular complexity index is 3310. The first-order valence-corrected chi connectivity index (χ1v) is 25.1. The van der Waals surface area contributed by atoms with Crippen molar-refractivity contribution in [2.45, 2.75) is 6.42 Å². The number of hydrogen-bond acceptors (Lipinski definition) is 1. The molecule has 0 spiro atoms. The predicted octanol–water partition coefficient (Wildman–Crippen LogP) is 10.9. The van der Waals surface area contributed by atoms with Crippen LogP contribution in [-0.2, 0) is 6.42 Å². The molecule has 0 bridgehead atoms. The van der Waals surface area contributed by atoms with Gasteiger partial charge in [0.05, 0.1) is 0 Å². The Kier molecular flexibility index (Phi) is 9.66. The van der Waals surface area contributed by atoms with Gasteiger partial charge in [-0.05, 0) is 72.2 Å². The summed E-state index contributed by atoms with van der Waals surface area (Å²) in [5.41, 5.74) is 14.5. The van der Waals surface area contributed by atoms with Crippen molar-refractivity contribution in [3.8, 4) is 33.4 Å². The summed E-state index contributed by atoms with van der Waals surface area (Å²) >= 11 is 1.93. The van der Waals surface area contributed by atoms with Crippen molar-refractivity contribution in [3.05, 3.63) is 260 Å². The lowest BCUT2D eigenvalue weighted by Crippen LogP contribution is -2.74. The SMILES string of the molecule is c1ccc(-c2ccc(-c3cccc4c3sc3ccc([Si](c5ccccc5)(c5ccccc5)c5ccccc5)cc34)c(-c3ccccc3)c2B2c3ccccc3Cc3ccccc32)cc1. The van der Waals surface area contributed by atoms with Gasteiger partial charge in [0.2, 0.25) is 6.71 Å². The molecule has 0 atom stereocenters. The van der Waals surface area contributed by atoms with E-state index < -0.39 is 8.07 Å². The molecule has 12 rings (SSSR count). The molecular formula is C61H43BSSi. The van der Waals surface area contributed by atoms with E-state index in [-0.39, 0.29) is 6.71 Å². The van der Waals surface area contributed by atoms with E-state index in [9.17, 15) is 0 Å². The lowest BCUT2D eigenvalue weighted by molar-refractivity contribution is 1.21. The maximum absolute atomic E-state index is 2.73. The molecule has 0 aliphatic carbocycles. The van der Waals surface area contributed by atoms with Crippen LogP contribution in [0.5, 0.6) is 0 Å². The number of thiophene rings is 1. The van der Waals surface area contributed by atoms with E-state index >= 15 is 0 Å². The Labute approximate surface area is 380 Å². The van der Waals surface area contributed by atoms with E-state index in [0.29, 0.717) is 0 Å². The van der Waals surface area contributed by atoms with Crippen LogP contribution in [0.3, 0.4) is 0 Å². The van der Waals surface area contributed by atoms with Crippen LogP contribution >= 0.6 is 11.3 Å². The van der Waals surface area contributed by atoms with Gasteiger partial charge >= 0.3 is 0 Å². The van der Waals surface area contributed by atoms with E-state index in [1.165, 1.54) is 102 Å². The van der Waals surface area contributed by atoms with Crippen molar-refractivity contribution in [3.63, 3.8) is 0 Å². The smallest absolute Gasteiger partial charge is 0.135 e. The van der Waals surface area contributed by atoms with Gasteiger partial charge < -0.3 is 0 Å². The molecule has 1 aromatic heterocycles. The average molecular weight is 847 g/mol. The van der Waals surface area contributed by atoms with Gasteiger partial charge in [-0.3, -0.25) is 0 Å². The minimum absolute atomic E-state index is 0.0442. The molecule has 64 heavy (non-hydrogen) atoms. The lowest BCUT2D eigenvalue weighted by atomic mass is 9.32. The van der Waals surface area contributed by atoms with Crippen molar-refractivity contribution in [1.82, 2.24) is 0 Å². The highest BCUT2D eigenvalue weighted by molar-refractivity contribution is 7.26. The van der Waals surface area contributed by atoms with Crippen LogP contribution in [0.2, 0.25) is 0 Å². The van der Waals surface area contributed by atoms with Gasteiger partial charge in [-0.1, -0.05) is 259 Å². The Morgan fingerprint density at radius 2 is 0.859 bits per heavy atom. The predicted molar refractivity (Wildman–Crippen MR) is 280 cm³/mol. The zero-order valence-electron chi connectivity index (χ0n) is 35.4. The summed E-state index contributed by atoms with van der Waals surface area (Å²) in [6.45, 7) is 0.0442. The molecule has 3 heteroatoms. The summed E-state index contributed by atoms with van der Waals surface area (Å²) < 4.78 is 2.63. The molecule has 0 amide bonds. The highest BCUT2D eigenvalue weighted by Gasteiger charge is 2.42. The molecule has 10 aromatic carbocycles. The standard InChI is InChI=1S/C61H43BSSi/c1-6-21-43(22-7-1)51-38-39-52(59(44-23-8-2-9-24-44)60(51)62-56-35-18-16-25-45(56)41-46-26-17-19-36-57(46)62)53-33-20-34-54-55-42-50(37-40-58(55)63-61(53)54)64(47-27-10-3-11-28-47,48-29-12-4-13-30-48)49-31-14-5-15-32-49/h1-40,42H,41H2. The lowest BCUT2D eigenvalue weighted by Gasteiger charge is -2.34. The third kappa shape index (κ3) is 6.26. The Balaban J connectivity index is 1.15. The molecule has 0 unspecified atom stereocenters. The molecular weight excluding hydrogens is 804 g/mol. The van der Waals surface area contributed by atoms with E-state index in [0.717, 1.165) is 6.42 Å². The van der Waals surface area contributed by atoms with Gasteiger partial charge in [-0.15, -0.1) is 11.3 Å². The minimum atomic E-state index is -2.73. The Morgan fingerprint density at radius 3 is 1.44 bits per heavy atom. The fraction of sp³-hybridized carbons (Fsp3) is 0.0164. The number of hydrogen-bond donors (Lipinski definition) is 0. The quantitative estimate of drug-likeness (QED) is 0.106. The minimum Gasteiger partial charge on any atom is -0.135 e. The van der Waals surface area contributed by atoms with Crippen molar-refractivity contribution in [1.29, 1.82) is 0 Å². The van der Waals surface area contributed by atoms with Crippen LogP contribution < -0.4 is 37.1 Å². The Hall–Kier alpha value is -7.30. The zero-order valence-corrected chi connectivity index (χ0v) is 37.2. The van der Waals surface area contributed by atoms with E-state index in [2.05, 4.69) is 249 Å². The third-order valence-corrected chi connectivity index (χ3v) is 19.6. The molecule has 11 aromatic rings. The van der Waals surface area contributed by atoms with E-state index in [1.807, 2.05) is 11.3 Å². The molecule has 300 valence electrons. The summed E-state index contributed by atoms with van der Waals surface area (Å²) in [4.78, 5) is 0. The van der Waals surface area contributed by atoms with Gasteiger partial charge in [0.15, 0.2) is 8.07 Å². The second kappa shape index (κ2) is 16.1. The van der Waals surface area contributed by atoms with Gasteiger partial charge in [-0.25, -0.2) is 0 Å². The summed E-state index contributed by atoms with van der Waals surface area (Å²) in [5.74, 6) is 0. The topological polar surface area (TPSA) is 0 Å². The van der Waals surface area contributed by atoms with Gasteiger partial charge in [0, 0.05) is 25.7 Å². The van der Waals surface area contributed by atoms with Crippen molar-refractivity contribution in [2.75, 3.05) is 0 Å². The molecule has 0 saturated heterocycles. The summed E-state index contributed by atoms with van der Waals surface area (Å²) in [6, 6.07) is 93.5. The number of rotatable bonds is 8. The first kappa shape index (κ1) is 38.4. The summed E-state index contributed by atoms with van der Waals surface area (Å²) in [6.07, 6.45) is 0.940. The van der Waals surface area contributed by atoms with Crippen molar-refractivity contribution < 1.29 is 0 Å². The number of benzene rings is 10. The molecule has 0 nitrogen and oxygen atoms in total. The van der Waals surface area contributed by atoms with Gasteiger partial charge in [-0.2, -0.15) is 0 Å². The van der Waals surface area contributed by atoms with Crippen LogP contribution in [-0.4, -0.2) is 14.8 Å². The monoisotopic (exact) mass is 846 g/mol. The van der Waals surface area contributed by atoms with Crippen molar-refractivity contribution >= 4 is 83.4 Å². The second-order valence-corrected chi connectivity index (χ2v) is 21.9. The fourth-order valence-corrected chi connectivity index (χ4v) is 16.9. The van der Waals surface area contributed by atoms with Crippen LogP contribution in [0.15, 0.2) is 249 Å². The van der Waals surface area contributed by atoms with Gasteiger partial charge in [0.1, 0.15) is 0 Å². The number of fused-ring (bicyclic) bond motifs is 5. The normalized spacial score (nSPS) is 12.3. The van der Waals surface area contributed by atoms with Gasteiger partial charge in [0.25, 0.3) is 0 Å². The zero-order chi connectivity index (χ0) is 42.5. The second-order valence-electron chi connectivity index (χ2n) is 17.0. The largest absolute Gasteiger partial charge is 0.243 e. The summed E-state index contributed by atoms with van der Waals surface area (Å²) in [5, 5.41) is 8.17. The van der Waals surface area contributed by atoms with E-state index in [1.54, 1.807) is 0 Å². The first-order chi connectivity index (χ1) is 31.8. The Morgan fingerprint density at radius 1 is 0.359 bits per heavy atom. The maximum atomic E-state index is 2.55. The van der Waals surface area contributed by atoms with Crippen LogP contribution in [0.4, 0.5) is 0 Å². The molecule has 0 N–H and O–H groups in total. The van der Waals surface area contributed by atoms with Crippen LogP contribution in [0.1, 0.15) is 11.1 Å². The molecule has 2 heterocycles. The molecule has 0 fully saturated rings. The maximum Gasteiger partial charge on any atom is 0.243 e. The molecule has 0 radical (unpaired) electrons. The fourth-order valence-electron chi connectivity index (χ4n) is 10.9. The highest BCUT2D eigenvalue weighted by atomic mass is 32.1. The van der Waals surface area contributed by atoms with Crippen molar-refractivity contribution in [2.24, 2.45) is 0 Å². The van der Waals surface area contributed by atoms with Crippen LogP contribution in [0.25, 0.3) is 53.6 Å². The van der Waals surface area contributed by atoms with Crippen LogP contribution in [0, 0.1) is 0 Å². The summed E-state index contributed by atoms with van der Waals surface area (Å²) in [7, 11) is -2.73. The molecule has 1 aliphatic rings. The third-order valence-electron chi connectivity index (χ3n) is 13.6. The average Bonchev–Trinajstić information content (AvgIpc) is 3.75. The first-order valence-electron chi connectivity index (χ1n) is 22.3. The molecule has 1 aliphatic heterocycles.